The van der Waals surface area contributed by atoms with Gasteiger partial charge in [0, 0.05) is 17.6 Å². The van der Waals surface area contributed by atoms with E-state index in [2.05, 4.69) is 9.97 Å². The Kier molecular flexibility index (Phi) is 3.78. The smallest absolute Gasteiger partial charge is 0.314 e. The van der Waals surface area contributed by atoms with Gasteiger partial charge in [-0.3, -0.25) is 9.59 Å². The van der Waals surface area contributed by atoms with Crippen molar-refractivity contribution in [3.63, 3.8) is 0 Å². The van der Waals surface area contributed by atoms with Crippen molar-refractivity contribution in [3.8, 4) is 0 Å². The highest BCUT2D eigenvalue weighted by Crippen LogP contribution is 2.52. The maximum absolute atomic E-state index is 13.2. The molecule has 2 aliphatic rings. The van der Waals surface area contributed by atoms with Gasteiger partial charge in [0.2, 0.25) is 0 Å². The van der Waals surface area contributed by atoms with Gasteiger partial charge in [-0.1, -0.05) is 6.92 Å². The molecule has 2 saturated heterocycles. The molecule has 1 aromatic carbocycles. The Morgan fingerprint density at radius 3 is 2.96 bits per heavy atom. The van der Waals surface area contributed by atoms with Gasteiger partial charge >= 0.3 is 5.97 Å². The van der Waals surface area contributed by atoms with E-state index >= 15 is 0 Å². The summed E-state index contributed by atoms with van der Waals surface area (Å²) in [6, 6.07) is 5.59. The van der Waals surface area contributed by atoms with Gasteiger partial charge in [-0.2, -0.15) is 0 Å². The molecule has 3 atom stereocenters. The highest BCUT2D eigenvalue weighted by Gasteiger charge is 2.61. The minimum Gasteiger partial charge on any atom is -0.466 e. The second-order valence-corrected chi connectivity index (χ2v) is 7.03. The van der Waals surface area contributed by atoms with Gasteiger partial charge in [0.05, 0.1) is 29.4 Å². The highest BCUT2D eigenvalue weighted by atomic mass is 16.5. The van der Waals surface area contributed by atoms with Crippen LogP contribution in [0.4, 0.5) is 0 Å². The van der Waals surface area contributed by atoms with Crippen LogP contribution in [-0.2, 0) is 9.53 Å². The zero-order valence-corrected chi connectivity index (χ0v) is 14.6. The Morgan fingerprint density at radius 2 is 2.20 bits per heavy atom. The van der Waals surface area contributed by atoms with Crippen LogP contribution in [0.15, 0.2) is 24.5 Å². The Balaban J connectivity index is 1.66. The molecule has 3 heterocycles. The summed E-state index contributed by atoms with van der Waals surface area (Å²) in [7, 11) is 0. The summed E-state index contributed by atoms with van der Waals surface area (Å²) in [5.41, 5.74) is 1.79. The molecule has 1 amide bonds. The monoisotopic (exact) mass is 341 g/mol. The van der Waals surface area contributed by atoms with E-state index in [1.54, 1.807) is 6.33 Å². The molecule has 2 aliphatic heterocycles. The topological polar surface area (TPSA) is 75.3 Å². The standard InChI is InChI=1S/C19H23N3O3/c1-3-19(18(24)25-4-2)10-13-6-8-16(19)22(13)17(23)12-5-7-14-15(9-12)21-11-20-14/h5,7,9,11,13,16H,3-4,6,8,10H2,1-2H3,(H,20,21)/t13-,16+,19+/m1/s1. The van der Waals surface area contributed by atoms with Crippen molar-refractivity contribution >= 4 is 22.9 Å². The second kappa shape index (κ2) is 5.86. The van der Waals surface area contributed by atoms with Crippen LogP contribution in [0, 0.1) is 5.41 Å². The first-order chi connectivity index (χ1) is 12.1. The molecule has 6 nitrogen and oxygen atoms in total. The number of carbonyl (C=O) groups is 2. The molecule has 0 aliphatic carbocycles. The van der Waals surface area contributed by atoms with Gasteiger partial charge in [-0.25, -0.2) is 4.98 Å². The van der Waals surface area contributed by atoms with Crippen LogP contribution >= 0.6 is 0 Å². The summed E-state index contributed by atoms with van der Waals surface area (Å²) >= 11 is 0. The van der Waals surface area contributed by atoms with Crippen molar-refractivity contribution in [1.29, 1.82) is 0 Å². The molecule has 2 bridgehead atoms. The number of carbonyl (C=O) groups excluding carboxylic acids is 2. The minimum atomic E-state index is -0.549. The third kappa shape index (κ3) is 2.27. The molecule has 4 rings (SSSR count). The number of nitrogens with one attached hydrogen (secondary N) is 1. The van der Waals surface area contributed by atoms with E-state index in [1.165, 1.54) is 0 Å². The maximum atomic E-state index is 13.2. The first kappa shape index (κ1) is 16.1. The van der Waals surface area contributed by atoms with Gasteiger partial charge < -0.3 is 14.6 Å². The molecule has 0 radical (unpaired) electrons. The van der Waals surface area contributed by atoms with Crippen LogP contribution in [0.3, 0.4) is 0 Å². The molecule has 2 aromatic rings. The number of nitrogens with zero attached hydrogens (tertiary/aromatic N) is 2. The number of esters is 1. The van der Waals surface area contributed by atoms with E-state index in [0.29, 0.717) is 25.0 Å². The minimum absolute atomic E-state index is 0.00336. The van der Waals surface area contributed by atoms with Crippen molar-refractivity contribution in [3.05, 3.63) is 30.1 Å². The van der Waals surface area contributed by atoms with Gasteiger partial charge in [-0.15, -0.1) is 0 Å². The van der Waals surface area contributed by atoms with Gasteiger partial charge in [0.15, 0.2) is 0 Å². The zero-order chi connectivity index (χ0) is 17.6. The first-order valence-corrected chi connectivity index (χ1v) is 9.03. The van der Waals surface area contributed by atoms with E-state index in [-0.39, 0.29) is 24.0 Å². The van der Waals surface area contributed by atoms with E-state index in [9.17, 15) is 9.59 Å². The fourth-order valence-corrected chi connectivity index (χ4v) is 4.73. The molecule has 6 heteroatoms. The summed E-state index contributed by atoms with van der Waals surface area (Å²) in [5, 5.41) is 0. The van der Waals surface area contributed by atoms with E-state index < -0.39 is 5.41 Å². The van der Waals surface area contributed by atoms with Crippen LogP contribution in [0.25, 0.3) is 11.0 Å². The molecule has 1 N–H and O–H groups in total. The molecule has 0 saturated carbocycles. The lowest BCUT2D eigenvalue weighted by atomic mass is 9.72. The molecule has 1 aromatic heterocycles. The summed E-state index contributed by atoms with van der Waals surface area (Å²) in [5.74, 6) is -0.143. The number of amides is 1. The Bertz CT molecular complexity index is 830. The van der Waals surface area contributed by atoms with Crippen LogP contribution < -0.4 is 0 Å². The van der Waals surface area contributed by atoms with Crippen molar-refractivity contribution < 1.29 is 14.3 Å². The number of fused-ring (bicyclic) bond motifs is 3. The first-order valence-electron chi connectivity index (χ1n) is 9.03. The molecular weight excluding hydrogens is 318 g/mol. The highest BCUT2D eigenvalue weighted by molar-refractivity contribution is 5.98. The number of rotatable bonds is 4. The molecule has 2 fully saturated rings. The maximum Gasteiger partial charge on any atom is 0.314 e. The lowest BCUT2D eigenvalue weighted by Crippen LogP contribution is -2.45. The number of benzene rings is 1. The summed E-state index contributed by atoms with van der Waals surface area (Å²) in [4.78, 5) is 35.0. The summed E-state index contributed by atoms with van der Waals surface area (Å²) in [6.45, 7) is 4.23. The van der Waals surface area contributed by atoms with Crippen molar-refractivity contribution in [2.24, 2.45) is 5.41 Å². The van der Waals surface area contributed by atoms with Crippen LogP contribution in [0.5, 0.6) is 0 Å². The van der Waals surface area contributed by atoms with Gasteiger partial charge in [0.1, 0.15) is 0 Å². The average molecular weight is 341 g/mol. The number of aromatic amines is 1. The molecule has 25 heavy (non-hydrogen) atoms. The molecular formula is C19H23N3O3. The summed E-state index contributed by atoms with van der Waals surface area (Å²) in [6.07, 6.45) is 4.88. The van der Waals surface area contributed by atoms with Gasteiger partial charge in [0.25, 0.3) is 5.91 Å². The third-order valence-electron chi connectivity index (χ3n) is 5.95. The van der Waals surface area contributed by atoms with E-state index in [4.69, 9.17) is 4.74 Å². The number of ether oxygens (including phenoxy) is 1. The Morgan fingerprint density at radius 1 is 1.36 bits per heavy atom. The van der Waals surface area contributed by atoms with Crippen molar-refractivity contribution in [2.75, 3.05) is 6.61 Å². The SMILES string of the molecule is CCOC(=O)[C@@]1(CC)C[C@H]2CC[C@@H]1N2C(=O)c1ccc2nc[nH]c2c1. The lowest BCUT2D eigenvalue weighted by Gasteiger charge is -2.34. The van der Waals surface area contributed by atoms with E-state index in [0.717, 1.165) is 23.9 Å². The van der Waals surface area contributed by atoms with Crippen LogP contribution in [0.1, 0.15) is 49.9 Å². The van der Waals surface area contributed by atoms with Crippen LogP contribution in [-0.4, -0.2) is 45.4 Å². The number of aromatic nitrogens is 2. The number of hydrogen-bond donors (Lipinski definition) is 1. The molecule has 0 spiro atoms. The fourth-order valence-electron chi connectivity index (χ4n) is 4.73. The fraction of sp³-hybridized carbons (Fsp3) is 0.526. The van der Waals surface area contributed by atoms with Gasteiger partial charge in [-0.05, 0) is 50.8 Å². The molecule has 0 unspecified atom stereocenters. The Hall–Kier alpha value is -2.37. The third-order valence-corrected chi connectivity index (χ3v) is 5.95. The van der Waals surface area contributed by atoms with Crippen molar-refractivity contribution in [1.82, 2.24) is 14.9 Å². The molecule has 132 valence electrons. The summed E-state index contributed by atoms with van der Waals surface area (Å²) < 4.78 is 5.36. The van der Waals surface area contributed by atoms with Crippen LogP contribution in [0.2, 0.25) is 0 Å². The number of imidazole rings is 1. The predicted molar refractivity (Wildman–Crippen MR) is 93.0 cm³/mol. The predicted octanol–water partition coefficient (Wildman–Crippen LogP) is 2.90. The zero-order valence-electron chi connectivity index (χ0n) is 14.6. The second-order valence-electron chi connectivity index (χ2n) is 7.03. The lowest BCUT2D eigenvalue weighted by molar-refractivity contribution is -0.157. The number of hydrogen-bond acceptors (Lipinski definition) is 4. The normalized spacial score (nSPS) is 27.8. The quantitative estimate of drug-likeness (QED) is 0.868. The number of H-pyrrole nitrogens is 1. The van der Waals surface area contributed by atoms with E-state index in [1.807, 2.05) is 36.9 Å². The Labute approximate surface area is 146 Å². The average Bonchev–Trinajstić information content (AvgIpc) is 3.33. The largest absolute Gasteiger partial charge is 0.466 e. The van der Waals surface area contributed by atoms with Crippen molar-refractivity contribution in [2.45, 2.75) is 51.6 Å².